The van der Waals surface area contributed by atoms with Crippen molar-refractivity contribution in [3.05, 3.63) is 263 Å². The van der Waals surface area contributed by atoms with Crippen LogP contribution in [0, 0.1) is 0 Å². The molecule has 0 bridgehead atoms. The fourth-order valence-corrected chi connectivity index (χ4v) is 9.60. The Kier molecular flexibility index (Phi) is 14.2. The Morgan fingerprint density at radius 2 is 0.821 bits per heavy atom. The van der Waals surface area contributed by atoms with Gasteiger partial charge in [0.05, 0.1) is 5.41 Å². The van der Waals surface area contributed by atoms with Gasteiger partial charge in [0.2, 0.25) is 0 Å². The van der Waals surface area contributed by atoms with E-state index in [9.17, 15) is 10.2 Å². The molecule has 67 heavy (non-hydrogen) atoms. The maximum absolute atomic E-state index is 9.85. The van der Waals surface area contributed by atoms with Crippen LogP contribution in [-0.2, 0) is 11.8 Å². The fraction of sp³-hybridized carbons (Fsp3) is 0.156. The van der Waals surface area contributed by atoms with Crippen LogP contribution in [0.4, 0.5) is 0 Å². The Hall–Kier alpha value is -7.62. The molecule has 0 atom stereocenters. The molecule has 10 aromatic rings. The van der Waals surface area contributed by atoms with Gasteiger partial charge in [-0.25, -0.2) is 0 Å². The number of aromatic hydroxyl groups is 2. The molecule has 1 heterocycles. The Bertz CT molecular complexity index is 3040. The van der Waals surface area contributed by atoms with Crippen molar-refractivity contribution in [2.75, 3.05) is 0 Å². The summed E-state index contributed by atoms with van der Waals surface area (Å²) in [5.41, 5.74) is 17.5. The van der Waals surface area contributed by atoms with E-state index in [4.69, 9.17) is 0 Å². The third-order valence-electron chi connectivity index (χ3n) is 12.9. The van der Waals surface area contributed by atoms with Crippen LogP contribution in [0.25, 0.3) is 44.1 Å². The van der Waals surface area contributed by atoms with Crippen LogP contribution in [0.15, 0.2) is 218 Å². The van der Waals surface area contributed by atoms with Gasteiger partial charge in [0.15, 0.2) is 0 Å². The highest BCUT2D eigenvalue weighted by molar-refractivity contribution is 6.09. The largest absolute Gasteiger partial charge is 0.508 e. The van der Waals surface area contributed by atoms with Crippen molar-refractivity contribution in [1.29, 1.82) is 0 Å². The second kappa shape index (κ2) is 20.7. The molecule has 0 saturated heterocycles. The highest BCUT2D eigenvalue weighted by Gasteiger charge is 2.45. The van der Waals surface area contributed by atoms with Crippen LogP contribution in [0.3, 0.4) is 0 Å². The second-order valence-corrected chi connectivity index (χ2v) is 17.6. The molecule has 0 unspecified atom stereocenters. The lowest BCUT2D eigenvalue weighted by Gasteiger charge is -2.33. The van der Waals surface area contributed by atoms with Crippen LogP contribution in [0.2, 0.25) is 0 Å². The monoisotopic (exact) mass is 875 g/mol. The molecule has 1 aromatic heterocycles. The maximum atomic E-state index is 9.85. The smallest absolute Gasteiger partial charge is 0.115 e. The zero-order valence-corrected chi connectivity index (χ0v) is 39.5. The first-order chi connectivity index (χ1) is 32.7. The number of aromatic amines is 1. The lowest BCUT2D eigenvalue weighted by atomic mass is 9.68. The SMILES string of the molecule is CC.CC(C)c1ccccc1.CC(C)c1ccccc1.Oc1ccc(C2(c3ccc(O)cc3)c3ccccc3-c3ccccc32)cc1.c1ccc2c(c1)Cc1cc3c(cc1-2)[nH]c1ccccc13. The minimum atomic E-state index is -0.491. The molecule has 0 fully saturated rings. The summed E-state index contributed by atoms with van der Waals surface area (Å²) in [6.45, 7) is 12.8. The number of phenolic OH excluding ortho intramolecular Hbond substituents is 2. The van der Waals surface area contributed by atoms with E-state index in [-0.39, 0.29) is 11.5 Å². The van der Waals surface area contributed by atoms with Gasteiger partial charge >= 0.3 is 0 Å². The van der Waals surface area contributed by atoms with Crippen molar-refractivity contribution in [1.82, 2.24) is 4.98 Å². The zero-order valence-electron chi connectivity index (χ0n) is 39.5. The third-order valence-corrected chi connectivity index (χ3v) is 12.9. The zero-order chi connectivity index (χ0) is 46.9. The molecule has 0 aliphatic heterocycles. The van der Waals surface area contributed by atoms with Crippen molar-refractivity contribution >= 4 is 21.8 Å². The molecule has 0 radical (unpaired) electrons. The number of H-pyrrole nitrogens is 1. The predicted octanol–water partition coefficient (Wildman–Crippen LogP) is 17.0. The first kappa shape index (κ1) is 45.9. The van der Waals surface area contributed by atoms with Crippen LogP contribution >= 0.6 is 0 Å². The van der Waals surface area contributed by atoms with E-state index >= 15 is 0 Å². The van der Waals surface area contributed by atoms with Gasteiger partial charge in [0, 0.05) is 21.8 Å². The predicted molar refractivity (Wildman–Crippen MR) is 284 cm³/mol. The number of rotatable bonds is 4. The summed E-state index contributed by atoms with van der Waals surface area (Å²) in [6, 6.07) is 74.8. The van der Waals surface area contributed by atoms with E-state index in [2.05, 4.69) is 190 Å². The van der Waals surface area contributed by atoms with Crippen LogP contribution in [0.5, 0.6) is 11.5 Å². The quantitative estimate of drug-likeness (QED) is 0.165. The number of hydrogen-bond acceptors (Lipinski definition) is 2. The molecule has 0 saturated carbocycles. The van der Waals surface area contributed by atoms with Gasteiger partial charge in [-0.15, -0.1) is 0 Å². The van der Waals surface area contributed by atoms with Gasteiger partial charge in [0.25, 0.3) is 0 Å². The van der Waals surface area contributed by atoms with Gasteiger partial charge in [0.1, 0.15) is 11.5 Å². The summed E-state index contributed by atoms with van der Waals surface area (Å²) in [5.74, 6) is 1.82. The Balaban J connectivity index is 0.000000132. The Morgan fingerprint density at radius 3 is 1.31 bits per heavy atom. The number of aromatic nitrogens is 1. The van der Waals surface area contributed by atoms with Crippen LogP contribution < -0.4 is 0 Å². The van der Waals surface area contributed by atoms with Gasteiger partial charge in [-0.3, -0.25) is 0 Å². The second-order valence-electron chi connectivity index (χ2n) is 17.6. The van der Waals surface area contributed by atoms with Crippen LogP contribution in [0.1, 0.15) is 97.9 Å². The number of fused-ring (bicyclic) bond motifs is 9. The highest BCUT2D eigenvalue weighted by Crippen LogP contribution is 2.56. The molecule has 3 N–H and O–H groups in total. The molecule has 12 rings (SSSR count). The lowest BCUT2D eigenvalue weighted by molar-refractivity contribution is 0.474. The van der Waals surface area contributed by atoms with Gasteiger partial charge in [-0.05, 0) is 127 Å². The van der Waals surface area contributed by atoms with Gasteiger partial charge in [-0.1, -0.05) is 217 Å². The topological polar surface area (TPSA) is 56.2 Å². The molecule has 3 heteroatoms. The van der Waals surface area contributed by atoms with Crippen molar-refractivity contribution in [2.45, 2.75) is 65.2 Å². The van der Waals surface area contributed by atoms with E-state index in [0.717, 1.165) is 17.5 Å². The molecule has 3 nitrogen and oxygen atoms in total. The number of para-hydroxylation sites is 1. The highest BCUT2D eigenvalue weighted by atomic mass is 16.3. The lowest BCUT2D eigenvalue weighted by Crippen LogP contribution is -2.28. The molecule has 2 aliphatic carbocycles. The van der Waals surface area contributed by atoms with E-state index in [1.54, 1.807) is 24.3 Å². The molecule has 0 spiro atoms. The standard InChI is InChI=1S/C25H18O2.C19H13N.2C9H12.C2H6/c26-19-13-9-17(10-14-19)25(18-11-15-20(27)16-12-18)23-7-3-1-5-21(23)22-6-2-4-8-24(22)25;1-2-6-14-12(5-1)9-13-10-17-15-7-3-4-8-18(15)20-19(17)11-16(13)14;2*1-8(2)9-6-4-3-5-7-9;1-2/h1-16,26-27H;1-8,10-11,20H,9H2;2*3-8H,1-2H3;1-2H3. The summed E-state index contributed by atoms with van der Waals surface area (Å²) >= 11 is 0. The third kappa shape index (κ3) is 9.42. The van der Waals surface area contributed by atoms with Crippen molar-refractivity contribution in [2.24, 2.45) is 0 Å². The number of nitrogens with one attached hydrogen (secondary N) is 1. The first-order valence-electron chi connectivity index (χ1n) is 23.7. The van der Waals surface area contributed by atoms with Crippen LogP contribution in [-0.4, -0.2) is 15.2 Å². The Morgan fingerprint density at radius 1 is 0.388 bits per heavy atom. The van der Waals surface area contributed by atoms with E-state index in [1.165, 1.54) is 77.4 Å². The summed E-state index contributed by atoms with van der Waals surface area (Å²) in [5, 5.41) is 22.4. The molecule has 334 valence electrons. The summed E-state index contributed by atoms with van der Waals surface area (Å²) in [4.78, 5) is 3.54. The average molecular weight is 876 g/mol. The minimum absolute atomic E-state index is 0.249. The normalized spacial score (nSPS) is 12.2. The van der Waals surface area contributed by atoms with E-state index in [0.29, 0.717) is 11.8 Å². The fourth-order valence-electron chi connectivity index (χ4n) is 9.60. The van der Waals surface area contributed by atoms with Crippen molar-refractivity contribution < 1.29 is 10.2 Å². The maximum Gasteiger partial charge on any atom is 0.115 e. The minimum Gasteiger partial charge on any atom is -0.508 e. The number of phenols is 2. The molecule has 0 amide bonds. The van der Waals surface area contributed by atoms with Crippen molar-refractivity contribution in [3.63, 3.8) is 0 Å². The van der Waals surface area contributed by atoms with Gasteiger partial charge < -0.3 is 15.2 Å². The summed E-state index contributed by atoms with van der Waals surface area (Å²) in [7, 11) is 0. The molecule has 9 aromatic carbocycles. The molecule has 2 aliphatic rings. The molecular weight excluding hydrogens is 815 g/mol. The number of benzene rings is 9. The van der Waals surface area contributed by atoms with E-state index in [1.807, 2.05) is 50.2 Å². The van der Waals surface area contributed by atoms with E-state index < -0.39 is 5.41 Å². The average Bonchev–Trinajstić information content (AvgIpc) is 4.03. The Labute approximate surface area is 397 Å². The molecular formula is C64H61NO2. The first-order valence-corrected chi connectivity index (χ1v) is 23.7. The number of hydrogen-bond donors (Lipinski definition) is 3. The summed E-state index contributed by atoms with van der Waals surface area (Å²) < 4.78 is 0. The van der Waals surface area contributed by atoms with Gasteiger partial charge in [-0.2, -0.15) is 0 Å². The van der Waals surface area contributed by atoms with Crippen molar-refractivity contribution in [3.8, 4) is 33.8 Å². The summed E-state index contributed by atoms with van der Waals surface area (Å²) in [6.07, 6.45) is 1.06.